The molecule has 1 aromatic rings. The third-order valence-corrected chi connectivity index (χ3v) is 3.05. The van der Waals surface area contributed by atoms with Crippen molar-refractivity contribution in [2.75, 3.05) is 33.3 Å². The van der Waals surface area contributed by atoms with Gasteiger partial charge in [-0.15, -0.1) is 0 Å². The Labute approximate surface area is 104 Å². The smallest absolute Gasteiger partial charge is 0.168 e. The topological polar surface area (TPSA) is 44.7 Å². The minimum Gasteiger partial charge on any atom is -0.504 e. The van der Waals surface area contributed by atoms with Crippen LogP contribution in [-0.4, -0.2) is 43.3 Å². The Morgan fingerprint density at radius 2 is 2.00 bits per heavy atom. The number of aromatic hydroxyl groups is 1. The number of methoxy groups -OCH3 is 1. The van der Waals surface area contributed by atoms with Crippen molar-refractivity contribution >= 4 is 0 Å². The quantitative estimate of drug-likeness (QED) is 0.851. The van der Waals surface area contributed by atoms with Crippen LogP contribution in [0.5, 0.6) is 11.5 Å². The van der Waals surface area contributed by atoms with Gasteiger partial charge in [0.05, 0.1) is 12.7 Å². The summed E-state index contributed by atoms with van der Waals surface area (Å²) in [4.78, 5) is 2.01. The molecule has 2 N–H and O–H groups in total. The van der Waals surface area contributed by atoms with Crippen LogP contribution in [0.15, 0.2) is 6.07 Å². The third kappa shape index (κ3) is 2.54. The molecule has 1 saturated heterocycles. The maximum absolute atomic E-state index is 13.5. The Hall–Kier alpha value is -1.40. The second-order valence-corrected chi connectivity index (χ2v) is 4.23. The highest BCUT2D eigenvalue weighted by Gasteiger charge is 2.21. The first kappa shape index (κ1) is 13.0. The number of hydrogen-bond acceptors (Lipinski definition) is 4. The van der Waals surface area contributed by atoms with E-state index in [1.807, 2.05) is 4.90 Å². The lowest BCUT2D eigenvalue weighted by molar-refractivity contribution is 0.225. The first-order valence-electron chi connectivity index (χ1n) is 5.80. The maximum Gasteiger partial charge on any atom is 0.168 e. The van der Waals surface area contributed by atoms with Crippen molar-refractivity contribution < 1.29 is 18.6 Å². The number of nitrogens with one attached hydrogen (secondary N) is 1. The molecule has 100 valence electrons. The van der Waals surface area contributed by atoms with Crippen LogP contribution in [0.1, 0.15) is 5.56 Å². The predicted molar refractivity (Wildman–Crippen MR) is 62.7 cm³/mol. The molecule has 1 aromatic carbocycles. The fraction of sp³-hybridized carbons (Fsp3) is 0.500. The molecule has 0 atom stereocenters. The lowest BCUT2D eigenvalue weighted by Crippen LogP contribution is -2.43. The summed E-state index contributed by atoms with van der Waals surface area (Å²) in [6.45, 7) is 3.44. The summed E-state index contributed by atoms with van der Waals surface area (Å²) in [6.07, 6.45) is 0. The molecule has 0 unspecified atom stereocenters. The Morgan fingerprint density at radius 3 is 2.61 bits per heavy atom. The van der Waals surface area contributed by atoms with E-state index < -0.39 is 17.4 Å². The number of hydrogen-bond donors (Lipinski definition) is 2. The molecule has 1 fully saturated rings. The minimum absolute atomic E-state index is 0.0903. The number of rotatable bonds is 3. The van der Waals surface area contributed by atoms with Crippen molar-refractivity contribution in [2.45, 2.75) is 6.54 Å². The van der Waals surface area contributed by atoms with Crippen LogP contribution in [0.3, 0.4) is 0 Å². The van der Waals surface area contributed by atoms with E-state index in [0.717, 1.165) is 26.2 Å². The van der Waals surface area contributed by atoms with E-state index in [1.54, 1.807) is 0 Å². The Morgan fingerprint density at radius 1 is 1.33 bits per heavy atom. The highest BCUT2D eigenvalue weighted by Crippen LogP contribution is 2.34. The SMILES string of the molecule is COc1c(F)cc(F)c(O)c1CN1CCNCC1. The Bertz CT molecular complexity index is 435. The van der Waals surface area contributed by atoms with Crippen LogP contribution in [0.4, 0.5) is 8.78 Å². The summed E-state index contributed by atoms with van der Waals surface area (Å²) in [5, 5.41) is 12.9. The Kier molecular flexibility index (Phi) is 3.98. The molecule has 0 amide bonds. The molecule has 0 aromatic heterocycles. The number of nitrogens with zero attached hydrogens (tertiary/aromatic N) is 1. The van der Waals surface area contributed by atoms with Gasteiger partial charge < -0.3 is 15.2 Å². The molecular formula is C12H16F2N2O2. The monoisotopic (exact) mass is 258 g/mol. The average Bonchev–Trinajstić information content (AvgIpc) is 2.37. The molecule has 2 rings (SSSR count). The standard InChI is InChI=1S/C12H16F2N2O2/c1-18-12-8(7-16-4-2-15-3-5-16)11(17)9(13)6-10(12)14/h6,15,17H,2-5,7H2,1H3. The lowest BCUT2D eigenvalue weighted by Gasteiger charge is -2.28. The molecule has 18 heavy (non-hydrogen) atoms. The highest BCUT2D eigenvalue weighted by molar-refractivity contribution is 5.46. The number of halogens is 2. The van der Waals surface area contributed by atoms with Gasteiger partial charge in [0, 0.05) is 38.8 Å². The van der Waals surface area contributed by atoms with E-state index in [2.05, 4.69) is 5.32 Å². The summed E-state index contributed by atoms with van der Waals surface area (Å²) >= 11 is 0. The van der Waals surface area contributed by atoms with Crippen LogP contribution >= 0.6 is 0 Å². The summed E-state index contributed by atoms with van der Waals surface area (Å²) in [7, 11) is 1.30. The largest absolute Gasteiger partial charge is 0.504 e. The second kappa shape index (κ2) is 5.49. The van der Waals surface area contributed by atoms with E-state index in [-0.39, 0.29) is 17.9 Å². The van der Waals surface area contributed by atoms with Crippen molar-refractivity contribution in [1.29, 1.82) is 0 Å². The van der Waals surface area contributed by atoms with Crippen LogP contribution in [0.25, 0.3) is 0 Å². The molecule has 0 spiro atoms. The fourth-order valence-electron chi connectivity index (χ4n) is 2.10. The van der Waals surface area contributed by atoms with Gasteiger partial charge in [-0.2, -0.15) is 0 Å². The van der Waals surface area contributed by atoms with Crippen LogP contribution in [0.2, 0.25) is 0 Å². The van der Waals surface area contributed by atoms with Gasteiger partial charge in [0.15, 0.2) is 23.1 Å². The molecule has 0 bridgehead atoms. The van der Waals surface area contributed by atoms with E-state index in [1.165, 1.54) is 7.11 Å². The first-order valence-corrected chi connectivity index (χ1v) is 5.80. The molecular weight excluding hydrogens is 242 g/mol. The fourth-order valence-corrected chi connectivity index (χ4v) is 2.10. The third-order valence-electron chi connectivity index (χ3n) is 3.05. The lowest BCUT2D eigenvalue weighted by atomic mass is 10.1. The first-order chi connectivity index (χ1) is 8.63. The normalized spacial score (nSPS) is 16.8. The average molecular weight is 258 g/mol. The summed E-state index contributed by atoms with van der Waals surface area (Å²) in [5.74, 6) is -2.38. The second-order valence-electron chi connectivity index (χ2n) is 4.23. The molecule has 1 aliphatic rings. The van der Waals surface area contributed by atoms with Gasteiger partial charge in [0.1, 0.15) is 0 Å². The summed E-state index contributed by atoms with van der Waals surface area (Å²) in [5.41, 5.74) is 0.164. The molecule has 0 aliphatic carbocycles. The van der Waals surface area contributed by atoms with E-state index in [4.69, 9.17) is 4.74 Å². The van der Waals surface area contributed by atoms with Crippen molar-refractivity contribution in [3.05, 3.63) is 23.3 Å². The van der Waals surface area contributed by atoms with Gasteiger partial charge in [-0.1, -0.05) is 0 Å². The molecule has 1 heterocycles. The van der Waals surface area contributed by atoms with Crippen molar-refractivity contribution in [1.82, 2.24) is 10.2 Å². The number of benzene rings is 1. The zero-order chi connectivity index (χ0) is 13.1. The van der Waals surface area contributed by atoms with Crippen molar-refractivity contribution in [3.63, 3.8) is 0 Å². The maximum atomic E-state index is 13.5. The molecule has 0 radical (unpaired) electrons. The van der Waals surface area contributed by atoms with E-state index in [9.17, 15) is 13.9 Å². The van der Waals surface area contributed by atoms with Gasteiger partial charge >= 0.3 is 0 Å². The number of piperazine rings is 1. The van der Waals surface area contributed by atoms with Gasteiger partial charge in [-0.25, -0.2) is 8.78 Å². The number of phenols is 1. The number of ether oxygens (including phenoxy) is 1. The zero-order valence-electron chi connectivity index (χ0n) is 10.2. The predicted octanol–water partition coefficient (Wildman–Crippen LogP) is 1.08. The highest BCUT2D eigenvalue weighted by atomic mass is 19.1. The zero-order valence-corrected chi connectivity index (χ0v) is 10.2. The van der Waals surface area contributed by atoms with Gasteiger partial charge in [-0.3, -0.25) is 4.90 Å². The van der Waals surface area contributed by atoms with Gasteiger partial charge in [0.25, 0.3) is 0 Å². The van der Waals surface area contributed by atoms with Crippen molar-refractivity contribution in [2.24, 2.45) is 0 Å². The molecule has 6 heteroatoms. The van der Waals surface area contributed by atoms with E-state index in [0.29, 0.717) is 6.07 Å². The number of phenolic OH excluding ortho intramolecular Hbond substituents is 1. The van der Waals surface area contributed by atoms with Crippen LogP contribution < -0.4 is 10.1 Å². The molecule has 0 saturated carbocycles. The Balaban J connectivity index is 2.29. The van der Waals surface area contributed by atoms with Gasteiger partial charge in [-0.05, 0) is 0 Å². The van der Waals surface area contributed by atoms with Crippen LogP contribution in [-0.2, 0) is 6.54 Å². The van der Waals surface area contributed by atoms with Crippen LogP contribution in [0, 0.1) is 11.6 Å². The minimum atomic E-state index is -0.960. The van der Waals surface area contributed by atoms with Crippen molar-refractivity contribution in [3.8, 4) is 11.5 Å². The van der Waals surface area contributed by atoms with Gasteiger partial charge in [0.2, 0.25) is 0 Å². The summed E-state index contributed by atoms with van der Waals surface area (Å²) < 4.78 is 31.8. The summed E-state index contributed by atoms with van der Waals surface area (Å²) in [6, 6.07) is 0.634. The van der Waals surface area contributed by atoms with E-state index >= 15 is 0 Å². The molecule has 1 aliphatic heterocycles. The molecule has 4 nitrogen and oxygen atoms in total.